The highest BCUT2D eigenvalue weighted by Gasteiger charge is 2.35. The molecule has 21 heavy (non-hydrogen) atoms. The van der Waals surface area contributed by atoms with Crippen LogP contribution in [0.4, 0.5) is 0 Å². The van der Waals surface area contributed by atoms with E-state index in [1.165, 1.54) is 12.8 Å². The molecule has 0 radical (unpaired) electrons. The van der Waals surface area contributed by atoms with Crippen LogP contribution in [-0.2, 0) is 6.42 Å². The minimum absolute atomic E-state index is 0.290. The Labute approximate surface area is 126 Å². The first-order chi connectivity index (χ1) is 10.1. The fourth-order valence-electron chi connectivity index (χ4n) is 3.31. The topological polar surface area (TPSA) is 45.5 Å². The van der Waals surface area contributed by atoms with E-state index in [9.17, 15) is 5.26 Å². The summed E-state index contributed by atoms with van der Waals surface area (Å²) in [6, 6.07) is 8.52. The van der Waals surface area contributed by atoms with Crippen molar-refractivity contribution < 1.29 is 9.47 Å². The number of rotatable bonds is 3. The van der Waals surface area contributed by atoms with Gasteiger partial charge < -0.3 is 9.47 Å². The molecule has 0 amide bonds. The van der Waals surface area contributed by atoms with Crippen molar-refractivity contribution in [3.05, 3.63) is 23.8 Å². The van der Waals surface area contributed by atoms with Crippen molar-refractivity contribution in [2.45, 2.75) is 38.6 Å². The average molecular weight is 286 g/mol. The third kappa shape index (κ3) is 2.84. The van der Waals surface area contributed by atoms with E-state index in [2.05, 4.69) is 24.8 Å². The third-order valence-corrected chi connectivity index (χ3v) is 4.58. The van der Waals surface area contributed by atoms with Crippen molar-refractivity contribution in [2.75, 3.05) is 19.9 Å². The molecule has 2 aliphatic heterocycles. The van der Waals surface area contributed by atoms with E-state index in [4.69, 9.17) is 9.47 Å². The van der Waals surface area contributed by atoms with Gasteiger partial charge in [-0.3, -0.25) is 4.90 Å². The van der Waals surface area contributed by atoms with Gasteiger partial charge in [0.15, 0.2) is 11.5 Å². The molecule has 0 saturated carbocycles. The van der Waals surface area contributed by atoms with E-state index in [1.54, 1.807) is 0 Å². The first-order valence-corrected chi connectivity index (χ1v) is 7.65. The van der Waals surface area contributed by atoms with Crippen molar-refractivity contribution >= 4 is 0 Å². The molecule has 2 unspecified atom stereocenters. The zero-order valence-electron chi connectivity index (χ0n) is 12.8. The van der Waals surface area contributed by atoms with E-state index >= 15 is 0 Å². The van der Waals surface area contributed by atoms with Gasteiger partial charge in [-0.1, -0.05) is 13.0 Å². The summed E-state index contributed by atoms with van der Waals surface area (Å²) in [7, 11) is 0. The molecule has 2 atom stereocenters. The molecular weight excluding hydrogens is 264 g/mol. The maximum Gasteiger partial charge on any atom is 0.231 e. The normalized spacial score (nSPS) is 24.3. The van der Waals surface area contributed by atoms with Gasteiger partial charge in [-0.15, -0.1) is 0 Å². The highest BCUT2D eigenvalue weighted by molar-refractivity contribution is 5.45. The Balaban J connectivity index is 1.78. The number of hydrogen-bond acceptors (Lipinski definition) is 4. The van der Waals surface area contributed by atoms with Gasteiger partial charge in [-0.25, -0.2) is 0 Å². The van der Waals surface area contributed by atoms with Gasteiger partial charge in [-0.2, -0.15) is 5.26 Å². The van der Waals surface area contributed by atoms with E-state index < -0.39 is 5.54 Å². The number of fused-ring (bicyclic) bond motifs is 1. The fourth-order valence-corrected chi connectivity index (χ4v) is 3.31. The second-order valence-corrected chi connectivity index (χ2v) is 6.44. The van der Waals surface area contributed by atoms with Crippen LogP contribution in [0, 0.1) is 17.2 Å². The Morgan fingerprint density at radius 3 is 2.95 bits per heavy atom. The van der Waals surface area contributed by atoms with Crippen LogP contribution in [-0.4, -0.2) is 30.3 Å². The summed E-state index contributed by atoms with van der Waals surface area (Å²) in [5.74, 6) is 2.26. The minimum atomic E-state index is -0.456. The molecule has 1 aromatic carbocycles. The number of benzene rings is 1. The Bertz CT molecular complexity index is 566. The van der Waals surface area contributed by atoms with Gasteiger partial charge in [0, 0.05) is 13.0 Å². The minimum Gasteiger partial charge on any atom is -0.454 e. The molecule has 1 aromatic rings. The van der Waals surface area contributed by atoms with E-state index in [1.807, 2.05) is 18.2 Å². The molecule has 4 heteroatoms. The van der Waals surface area contributed by atoms with E-state index in [-0.39, 0.29) is 6.79 Å². The standard InChI is InChI=1S/C17H22N2O2/c1-13-4-3-7-19(10-13)17(2,11-18)9-14-5-6-15-16(8-14)21-12-20-15/h5-6,8,13H,3-4,7,9-10,12H2,1-2H3. The number of nitriles is 1. The Kier molecular flexibility index (Phi) is 3.77. The van der Waals surface area contributed by atoms with Crippen LogP contribution >= 0.6 is 0 Å². The van der Waals surface area contributed by atoms with E-state index in [0.717, 1.165) is 30.2 Å². The van der Waals surface area contributed by atoms with Gasteiger partial charge in [0.2, 0.25) is 6.79 Å². The zero-order valence-corrected chi connectivity index (χ0v) is 12.8. The summed E-state index contributed by atoms with van der Waals surface area (Å²) in [5.41, 5.74) is 0.670. The van der Waals surface area contributed by atoms with Gasteiger partial charge >= 0.3 is 0 Å². The van der Waals surface area contributed by atoms with Crippen LogP contribution in [0.2, 0.25) is 0 Å². The second-order valence-electron chi connectivity index (χ2n) is 6.44. The molecule has 0 N–H and O–H groups in total. The van der Waals surface area contributed by atoms with Crippen LogP contribution in [0.5, 0.6) is 11.5 Å². The first-order valence-electron chi connectivity index (χ1n) is 7.65. The molecule has 3 rings (SSSR count). The predicted octanol–water partition coefficient (Wildman–Crippen LogP) is 2.97. The summed E-state index contributed by atoms with van der Waals surface area (Å²) in [6.07, 6.45) is 3.16. The van der Waals surface area contributed by atoms with Crippen molar-refractivity contribution in [3.63, 3.8) is 0 Å². The monoisotopic (exact) mass is 286 g/mol. The lowest BCUT2D eigenvalue weighted by atomic mass is 9.88. The number of piperidine rings is 1. The number of hydrogen-bond donors (Lipinski definition) is 0. The molecule has 2 aliphatic rings. The molecule has 4 nitrogen and oxygen atoms in total. The van der Waals surface area contributed by atoms with E-state index in [0.29, 0.717) is 12.3 Å². The summed E-state index contributed by atoms with van der Waals surface area (Å²) < 4.78 is 10.8. The Morgan fingerprint density at radius 2 is 2.19 bits per heavy atom. The molecule has 112 valence electrons. The van der Waals surface area contributed by atoms with Crippen LogP contribution in [0.3, 0.4) is 0 Å². The molecule has 1 fully saturated rings. The lowest BCUT2D eigenvalue weighted by Gasteiger charge is -2.41. The summed E-state index contributed by atoms with van der Waals surface area (Å²) >= 11 is 0. The second kappa shape index (κ2) is 5.57. The maximum atomic E-state index is 9.73. The number of nitrogens with zero attached hydrogens (tertiary/aromatic N) is 2. The van der Waals surface area contributed by atoms with Gasteiger partial charge in [0.25, 0.3) is 0 Å². The maximum absolute atomic E-state index is 9.73. The molecule has 0 aliphatic carbocycles. The molecule has 1 saturated heterocycles. The molecular formula is C17H22N2O2. The Morgan fingerprint density at radius 1 is 1.38 bits per heavy atom. The predicted molar refractivity (Wildman–Crippen MR) is 80.3 cm³/mol. The van der Waals surface area contributed by atoms with Gasteiger partial charge in [0.1, 0.15) is 5.54 Å². The largest absolute Gasteiger partial charge is 0.454 e. The third-order valence-electron chi connectivity index (χ3n) is 4.58. The molecule has 0 aromatic heterocycles. The van der Waals surface area contributed by atoms with Crippen molar-refractivity contribution in [3.8, 4) is 17.6 Å². The van der Waals surface area contributed by atoms with Crippen LogP contribution in [0.1, 0.15) is 32.3 Å². The lowest BCUT2D eigenvalue weighted by molar-refractivity contribution is 0.0958. The smallest absolute Gasteiger partial charge is 0.231 e. The van der Waals surface area contributed by atoms with Crippen molar-refractivity contribution in [1.29, 1.82) is 5.26 Å². The Hall–Kier alpha value is -1.73. The SMILES string of the molecule is CC1CCCN(C(C)(C#N)Cc2ccc3c(c2)OCO3)C1. The van der Waals surface area contributed by atoms with Crippen LogP contribution in [0.15, 0.2) is 18.2 Å². The highest BCUT2D eigenvalue weighted by atomic mass is 16.7. The summed E-state index contributed by atoms with van der Waals surface area (Å²) in [4.78, 5) is 2.34. The van der Waals surface area contributed by atoms with Crippen molar-refractivity contribution in [1.82, 2.24) is 4.90 Å². The van der Waals surface area contributed by atoms with Crippen LogP contribution < -0.4 is 9.47 Å². The zero-order chi connectivity index (χ0) is 14.9. The highest BCUT2D eigenvalue weighted by Crippen LogP contribution is 2.34. The lowest BCUT2D eigenvalue weighted by Crippen LogP contribution is -2.51. The summed E-state index contributed by atoms with van der Waals surface area (Å²) in [6.45, 7) is 6.63. The number of ether oxygens (including phenoxy) is 2. The quantitative estimate of drug-likeness (QED) is 0.857. The summed E-state index contributed by atoms with van der Waals surface area (Å²) in [5, 5.41) is 9.73. The molecule has 0 spiro atoms. The first kappa shape index (κ1) is 14.2. The molecule has 0 bridgehead atoms. The average Bonchev–Trinajstić information content (AvgIpc) is 2.94. The number of likely N-dealkylation sites (tertiary alicyclic amines) is 1. The van der Waals surface area contributed by atoms with Crippen molar-refractivity contribution in [2.24, 2.45) is 5.92 Å². The molecule has 2 heterocycles. The van der Waals surface area contributed by atoms with Gasteiger partial charge in [-0.05, 0) is 49.9 Å². The van der Waals surface area contributed by atoms with Crippen LogP contribution in [0.25, 0.3) is 0 Å². The van der Waals surface area contributed by atoms with Gasteiger partial charge in [0.05, 0.1) is 6.07 Å². The fraction of sp³-hybridized carbons (Fsp3) is 0.588.